The van der Waals surface area contributed by atoms with Crippen molar-refractivity contribution in [2.24, 2.45) is 5.73 Å². The fourth-order valence-corrected chi connectivity index (χ4v) is 1.00. The molecule has 0 aliphatic heterocycles. The van der Waals surface area contributed by atoms with Gasteiger partial charge >= 0.3 is 0 Å². The van der Waals surface area contributed by atoms with Crippen molar-refractivity contribution in [2.75, 3.05) is 0 Å². The van der Waals surface area contributed by atoms with E-state index in [2.05, 4.69) is 4.98 Å². The van der Waals surface area contributed by atoms with Crippen LogP contribution in [-0.4, -0.2) is 4.98 Å². The lowest BCUT2D eigenvalue weighted by Crippen LogP contribution is -2.03. The molecule has 1 heterocycles. The maximum absolute atomic E-state index is 12.8. The number of aromatic nitrogens is 1. The van der Waals surface area contributed by atoms with Gasteiger partial charge in [-0.2, -0.15) is 4.39 Å². The Kier molecular flexibility index (Phi) is 3.11. The smallest absolute Gasteiger partial charge is 0.280 e. The summed E-state index contributed by atoms with van der Waals surface area (Å²) in [5, 5.41) is -0.299. The summed E-state index contributed by atoms with van der Waals surface area (Å²) in [5.41, 5.74) is 4.64. The van der Waals surface area contributed by atoms with Crippen molar-refractivity contribution in [3.05, 3.63) is 28.3 Å². The largest absolute Gasteiger partial charge is 0.326 e. The summed E-state index contributed by atoms with van der Waals surface area (Å²) in [5.74, 6) is -1.11. The number of hydrogen-bond acceptors (Lipinski definition) is 2. The minimum absolute atomic E-state index is 0.0992. The Balaban J connectivity index is 3.22. The third kappa shape index (κ3) is 2.10. The summed E-state index contributed by atoms with van der Waals surface area (Å²) in [7, 11) is 0. The van der Waals surface area contributed by atoms with Crippen molar-refractivity contribution in [2.45, 2.75) is 13.0 Å². The highest BCUT2D eigenvalue weighted by Crippen LogP contribution is 2.24. The average molecular weight is 211 g/mol. The van der Waals surface area contributed by atoms with E-state index in [0.717, 1.165) is 6.07 Å². The van der Waals surface area contributed by atoms with Crippen LogP contribution in [0.5, 0.6) is 0 Å². The van der Waals surface area contributed by atoms with Gasteiger partial charge < -0.3 is 5.73 Å². The highest BCUT2D eigenvalue weighted by atomic mass is 35.5. The fraction of sp³-hybridized carbons (Fsp3) is 0.286. The van der Waals surface area contributed by atoms with Gasteiger partial charge in [-0.05, 0) is 11.6 Å². The summed E-state index contributed by atoms with van der Waals surface area (Å²) in [4.78, 5) is 2.98. The number of nitrogens with two attached hydrogens (primary N) is 1. The topological polar surface area (TPSA) is 38.9 Å². The Hall–Kier alpha value is -0.810. The lowest BCUT2D eigenvalue weighted by atomic mass is 10.2. The van der Waals surface area contributed by atoms with Gasteiger partial charge in [0, 0.05) is 6.54 Å². The van der Waals surface area contributed by atoms with Crippen molar-refractivity contribution in [3.8, 4) is 0 Å². The van der Waals surface area contributed by atoms with E-state index in [1.54, 1.807) is 0 Å². The number of alkyl halides is 2. The van der Waals surface area contributed by atoms with Crippen LogP contribution in [0.1, 0.15) is 17.7 Å². The molecule has 0 saturated carbocycles. The van der Waals surface area contributed by atoms with Gasteiger partial charge in [-0.3, -0.25) is 0 Å². The molecule has 1 aromatic rings. The van der Waals surface area contributed by atoms with Crippen molar-refractivity contribution in [3.63, 3.8) is 0 Å². The van der Waals surface area contributed by atoms with Gasteiger partial charge in [0.2, 0.25) is 5.95 Å². The molecule has 72 valence electrons. The van der Waals surface area contributed by atoms with Gasteiger partial charge in [0.05, 0.1) is 0 Å². The molecule has 0 atom stereocenters. The number of pyridine rings is 1. The molecule has 1 rings (SSSR count). The van der Waals surface area contributed by atoms with Crippen LogP contribution >= 0.6 is 11.6 Å². The number of hydrogen-bond donors (Lipinski definition) is 1. The molecular weight excluding hydrogens is 205 g/mol. The SMILES string of the molecule is NCc1cc(C(F)F)nc(F)c1Cl. The Labute approximate surface area is 77.5 Å². The summed E-state index contributed by atoms with van der Waals surface area (Å²) in [6.07, 6.45) is -2.82. The lowest BCUT2D eigenvalue weighted by molar-refractivity contribution is 0.144. The molecule has 0 aliphatic carbocycles. The quantitative estimate of drug-likeness (QED) is 0.761. The Morgan fingerprint density at radius 2 is 2.15 bits per heavy atom. The first-order valence-electron chi connectivity index (χ1n) is 3.39. The van der Waals surface area contributed by atoms with E-state index in [1.165, 1.54) is 0 Å². The molecular formula is C7H6ClF3N2. The van der Waals surface area contributed by atoms with Crippen LogP contribution in [0.4, 0.5) is 13.2 Å². The van der Waals surface area contributed by atoms with Crippen LogP contribution < -0.4 is 5.73 Å². The van der Waals surface area contributed by atoms with Crippen molar-refractivity contribution in [1.29, 1.82) is 0 Å². The zero-order chi connectivity index (χ0) is 10.0. The second-order valence-corrected chi connectivity index (χ2v) is 2.69. The molecule has 6 heteroatoms. The predicted molar refractivity (Wildman–Crippen MR) is 42.1 cm³/mol. The molecule has 2 N–H and O–H groups in total. The van der Waals surface area contributed by atoms with E-state index in [0.29, 0.717) is 0 Å². The molecule has 0 saturated heterocycles. The maximum atomic E-state index is 12.8. The summed E-state index contributed by atoms with van der Waals surface area (Å²) >= 11 is 5.41. The van der Waals surface area contributed by atoms with Gasteiger partial charge in [-0.1, -0.05) is 11.6 Å². The van der Waals surface area contributed by atoms with E-state index < -0.39 is 18.1 Å². The van der Waals surface area contributed by atoms with Gasteiger partial charge in [0.25, 0.3) is 6.43 Å². The van der Waals surface area contributed by atoms with Crippen LogP contribution in [0, 0.1) is 5.95 Å². The first kappa shape index (κ1) is 10.3. The highest BCUT2D eigenvalue weighted by Gasteiger charge is 2.15. The van der Waals surface area contributed by atoms with Crippen LogP contribution in [0.3, 0.4) is 0 Å². The molecule has 1 aromatic heterocycles. The van der Waals surface area contributed by atoms with Gasteiger partial charge in [-0.25, -0.2) is 13.8 Å². The Morgan fingerprint density at radius 1 is 1.54 bits per heavy atom. The van der Waals surface area contributed by atoms with E-state index in [1.807, 2.05) is 0 Å². The van der Waals surface area contributed by atoms with Crippen molar-refractivity contribution in [1.82, 2.24) is 4.98 Å². The second-order valence-electron chi connectivity index (χ2n) is 2.32. The molecule has 0 amide bonds. The predicted octanol–water partition coefficient (Wildman–Crippen LogP) is 2.27. The van der Waals surface area contributed by atoms with E-state index in [-0.39, 0.29) is 17.1 Å². The normalized spacial score (nSPS) is 10.9. The van der Waals surface area contributed by atoms with Crippen molar-refractivity contribution >= 4 is 11.6 Å². The van der Waals surface area contributed by atoms with E-state index in [4.69, 9.17) is 17.3 Å². The van der Waals surface area contributed by atoms with Gasteiger partial charge in [0.1, 0.15) is 10.7 Å². The standard InChI is InChI=1S/C7H6ClF3N2/c8-5-3(2-12)1-4(6(9)10)13-7(5)11/h1,6H,2,12H2. The molecule has 0 fully saturated rings. The third-order valence-corrected chi connectivity index (χ3v) is 1.85. The third-order valence-electron chi connectivity index (χ3n) is 1.46. The molecule has 13 heavy (non-hydrogen) atoms. The first-order valence-corrected chi connectivity index (χ1v) is 3.77. The fourth-order valence-electron chi connectivity index (χ4n) is 0.829. The monoisotopic (exact) mass is 210 g/mol. The van der Waals surface area contributed by atoms with Crippen molar-refractivity contribution < 1.29 is 13.2 Å². The average Bonchev–Trinajstić information content (AvgIpc) is 2.09. The lowest BCUT2D eigenvalue weighted by Gasteiger charge is -2.04. The maximum Gasteiger partial charge on any atom is 0.280 e. The van der Waals surface area contributed by atoms with Gasteiger partial charge in [0.15, 0.2) is 0 Å². The number of rotatable bonds is 2. The molecule has 2 nitrogen and oxygen atoms in total. The Morgan fingerprint density at radius 3 is 2.62 bits per heavy atom. The highest BCUT2D eigenvalue weighted by molar-refractivity contribution is 6.31. The summed E-state index contributed by atoms with van der Waals surface area (Å²) < 4.78 is 36.9. The van der Waals surface area contributed by atoms with Crippen LogP contribution in [-0.2, 0) is 6.54 Å². The molecule has 0 aromatic carbocycles. The minimum Gasteiger partial charge on any atom is -0.326 e. The van der Waals surface area contributed by atoms with E-state index >= 15 is 0 Å². The van der Waals surface area contributed by atoms with Crippen LogP contribution in [0.25, 0.3) is 0 Å². The second kappa shape index (κ2) is 3.93. The zero-order valence-electron chi connectivity index (χ0n) is 6.40. The minimum atomic E-state index is -2.82. The summed E-state index contributed by atoms with van der Waals surface area (Å²) in [6, 6.07) is 0.996. The number of nitrogens with zero attached hydrogens (tertiary/aromatic N) is 1. The molecule has 0 radical (unpaired) electrons. The molecule has 0 unspecified atom stereocenters. The molecule has 0 spiro atoms. The molecule has 0 aliphatic rings. The molecule has 0 bridgehead atoms. The van der Waals surface area contributed by atoms with Crippen LogP contribution in [0.15, 0.2) is 6.07 Å². The van der Waals surface area contributed by atoms with Crippen LogP contribution in [0.2, 0.25) is 5.02 Å². The summed E-state index contributed by atoms with van der Waals surface area (Å²) in [6.45, 7) is -0.0992. The van der Waals surface area contributed by atoms with Gasteiger partial charge in [-0.15, -0.1) is 0 Å². The first-order chi connectivity index (χ1) is 6.06. The number of halogens is 4. The Bertz CT molecular complexity index is 317. The van der Waals surface area contributed by atoms with E-state index in [9.17, 15) is 13.2 Å². The zero-order valence-corrected chi connectivity index (χ0v) is 7.15.